The molecule has 2 N–H and O–H groups in total. The first-order valence-corrected chi connectivity index (χ1v) is 15.3. The zero-order valence-electron chi connectivity index (χ0n) is 26.9. The average Bonchev–Trinajstić information content (AvgIpc) is 3.92. The summed E-state index contributed by atoms with van der Waals surface area (Å²) in [7, 11) is 0. The molecule has 12 nitrogen and oxygen atoms in total. The van der Waals surface area contributed by atoms with Crippen LogP contribution in [0.1, 0.15) is 66.9 Å². The lowest BCUT2D eigenvalue weighted by atomic mass is 10.00. The summed E-state index contributed by atoms with van der Waals surface area (Å²) in [6, 6.07) is 21.9. The van der Waals surface area contributed by atoms with Gasteiger partial charge in [0.05, 0.1) is 24.3 Å². The minimum absolute atomic E-state index is 0.264. The Morgan fingerprint density at radius 3 is 1.29 bits per heavy atom. The van der Waals surface area contributed by atoms with E-state index in [4.69, 9.17) is 9.47 Å². The van der Waals surface area contributed by atoms with Gasteiger partial charge in [-0.2, -0.15) is 10.2 Å². The predicted molar refractivity (Wildman–Crippen MR) is 178 cm³/mol. The summed E-state index contributed by atoms with van der Waals surface area (Å²) in [6.07, 6.45) is 6.19. The summed E-state index contributed by atoms with van der Waals surface area (Å²) < 4.78 is 12.8. The van der Waals surface area contributed by atoms with Crippen LogP contribution in [0, 0.1) is 13.8 Å². The summed E-state index contributed by atoms with van der Waals surface area (Å²) in [5.41, 5.74) is 5.14. The smallest absolute Gasteiger partial charge is 0.340 e. The van der Waals surface area contributed by atoms with E-state index in [1.165, 1.54) is 21.8 Å². The van der Waals surface area contributed by atoms with E-state index in [0.29, 0.717) is 45.0 Å². The molecule has 4 aromatic heterocycles. The van der Waals surface area contributed by atoms with Crippen molar-refractivity contribution in [3.63, 3.8) is 0 Å². The first kappa shape index (κ1) is 33.1. The SMILES string of the molecule is CCOC(=O)c1c(C)[nH]c(C(=O)n2cccn2)c1-c1ccccc1.CCOC(=O)c1c(C)[nH]c(C(=O)n2cccn2)c1-c1ccccc1. The first-order chi connectivity index (χ1) is 23.3. The number of carbonyl (C=O) groups excluding carboxylic acids is 4. The summed E-state index contributed by atoms with van der Waals surface area (Å²) in [5, 5.41) is 7.96. The molecular formula is C36H34N6O6. The van der Waals surface area contributed by atoms with E-state index in [9.17, 15) is 19.2 Å². The van der Waals surface area contributed by atoms with E-state index in [-0.39, 0.29) is 25.0 Å². The van der Waals surface area contributed by atoms with Gasteiger partial charge in [-0.3, -0.25) is 9.59 Å². The van der Waals surface area contributed by atoms with Gasteiger partial charge in [-0.25, -0.2) is 19.0 Å². The molecule has 0 aliphatic rings. The molecule has 0 aliphatic carbocycles. The molecule has 0 radical (unpaired) electrons. The standard InChI is InChI=1S/2C18H17N3O3/c2*1-3-24-18(23)14-12(2)20-16(17(22)21-11-7-10-19-21)15(14)13-8-5-4-6-9-13/h2*4-11,20H,3H2,1-2H3. The minimum atomic E-state index is -0.454. The van der Waals surface area contributed by atoms with Crippen molar-refractivity contribution in [3.05, 3.63) is 131 Å². The number of carbonyl (C=O) groups is 4. The number of H-pyrrole nitrogens is 2. The maximum Gasteiger partial charge on any atom is 0.340 e. The van der Waals surface area contributed by atoms with Gasteiger partial charge in [-0.15, -0.1) is 0 Å². The topological polar surface area (TPSA) is 154 Å². The lowest BCUT2D eigenvalue weighted by molar-refractivity contribution is 0.0516. The Balaban J connectivity index is 0.000000188. The van der Waals surface area contributed by atoms with Gasteiger partial charge in [-0.1, -0.05) is 60.7 Å². The van der Waals surface area contributed by atoms with Crippen LogP contribution in [0.4, 0.5) is 0 Å². The molecular weight excluding hydrogens is 612 g/mol. The zero-order chi connectivity index (χ0) is 34.2. The zero-order valence-corrected chi connectivity index (χ0v) is 26.9. The summed E-state index contributed by atoms with van der Waals surface area (Å²) in [6.45, 7) is 7.52. The van der Waals surface area contributed by atoms with Crippen LogP contribution in [0.2, 0.25) is 0 Å². The van der Waals surface area contributed by atoms with Gasteiger partial charge in [0, 0.05) is 47.3 Å². The van der Waals surface area contributed by atoms with Crippen molar-refractivity contribution >= 4 is 23.8 Å². The maximum atomic E-state index is 12.8. The highest BCUT2D eigenvalue weighted by molar-refractivity contribution is 6.09. The molecule has 0 unspecified atom stereocenters. The van der Waals surface area contributed by atoms with Crippen LogP contribution in [0.3, 0.4) is 0 Å². The van der Waals surface area contributed by atoms with E-state index in [0.717, 1.165) is 11.1 Å². The van der Waals surface area contributed by atoms with E-state index in [1.807, 2.05) is 60.7 Å². The van der Waals surface area contributed by atoms with E-state index in [2.05, 4.69) is 20.2 Å². The maximum absolute atomic E-state index is 12.8. The van der Waals surface area contributed by atoms with Crippen molar-refractivity contribution in [2.24, 2.45) is 0 Å². The number of hydrogen-bond acceptors (Lipinski definition) is 8. The van der Waals surface area contributed by atoms with Gasteiger partial charge in [0.2, 0.25) is 0 Å². The van der Waals surface area contributed by atoms with Gasteiger partial charge in [0.25, 0.3) is 11.8 Å². The van der Waals surface area contributed by atoms with Crippen LogP contribution in [0.25, 0.3) is 22.3 Å². The quantitative estimate of drug-likeness (QED) is 0.188. The Bertz CT molecular complexity index is 1880. The Morgan fingerprint density at radius 1 is 0.604 bits per heavy atom. The molecule has 0 saturated carbocycles. The van der Waals surface area contributed by atoms with E-state index < -0.39 is 11.9 Å². The van der Waals surface area contributed by atoms with Crippen LogP contribution in [0.15, 0.2) is 97.6 Å². The molecule has 244 valence electrons. The molecule has 0 fully saturated rings. The van der Waals surface area contributed by atoms with E-state index >= 15 is 0 Å². The number of hydrogen-bond donors (Lipinski definition) is 2. The number of ether oxygens (including phenoxy) is 2. The third-order valence-electron chi connectivity index (χ3n) is 7.31. The third kappa shape index (κ3) is 6.77. The fraction of sp³-hybridized carbons (Fsp3) is 0.167. The van der Waals surface area contributed by atoms with Crippen molar-refractivity contribution in [1.29, 1.82) is 0 Å². The lowest BCUT2D eigenvalue weighted by Crippen LogP contribution is -2.14. The van der Waals surface area contributed by atoms with E-state index in [1.54, 1.807) is 52.2 Å². The van der Waals surface area contributed by atoms with Crippen LogP contribution >= 0.6 is 0 Å². The third-order valence-corrected chi connectivity index (χ3v) is 7.31. The van der Waals surface area contributed by atoms with Gasteiger partial charge >= 0.3 is 11.9 Å². The van der Waals surface area contributed by atoms with Gasteiger partial charge in [-0.05, 0) is 51.0 Å². The summed E-state index contributed by atoms with van der Waals surface area (Å²) in [4.78, 5) is 56.4. The molecule has 6 aromatic rings. The second-order valence-electron chi connectivity index (χ2n) is 10.4. The van der Waals surface area contributed by atoms with Crippen LogP contribution in [-0.2, 0) is 9.47 Å². The Hall–Kier alpha value is -6.30. The van der Waals surface area contributed by atoms with Crippen LogP contribution < -0.4 is 0 Å². The number of aromatic amines is 2. The van der Waals surface area contributed by atoms with Crippen LogP contribution in [-0.4, -0.2) is 66.5 Å². The Kier molecular flexibility index (Phi) is 10.2. The molecule has 0 aliphatic heterocycles. The number of nitrogens with zero attached hydrogens (tertiary/aromatic N) is 4. The number of nitrogens with one attached hydrogen (secondary N) is 2. The molecule has 0 amide bonds. The molecule has 0 spiro atoms. The highest BCUT2D eigenvalue weighted by atomic mass is 16.5. The molecule has 0 saturated heterocycles. The number of benzene rings is 2. The van der Waals surface area contributed by atoms with Crippen LogP contribution in [0.5, 0.6) is 0 Å². The molecule has 48 heavy (non-hydrogen) atoms. The fourth-order valence-corrected chi connectivity index (χ4v) is 5.28. The monoisotopic (exact) mass is 646 g/mol. The molecule has 6 rings (SSSR count). The number of aromatic nitrogens is 6. The summed E-state index contributed by atoms with van der Waals surface area (Å²) >= 11 is 0. The van der Waals surface area contributed by atoms with Gasteiger partial charge in [0.1, 0.15) is 11.4 Å². The first-order valence-electron chi connectivity index (χ1n) is 15.3. The van der Waals surface area contributed by atoms with Crippen molar-refractivity contribution in [1.82, 2.24) is 29.5 Å². The molecule has 0 bridgehead atoms. The average molecular weight is 647 g/mol. The molecule has 2 aromatic carbocycles. The largest absolute Gasteiger partial charge is 0.462 e. The number of rotatable bonds is 8. The predicted octanol–water partition coefficient (Wildman–Crippen LogP) is 6.10. The highest BCUT2D eigenvalue weighted by Gasteiger charge is 2.29. The molecule has 12 heteroatoms. The Morgan fingerprint density at radius 2 is 0.979 bits per heavy atom. The lowest BCUT2D eigenvalue weighted by Gasteiger charge is -2.07. The number of esters is 2. The van der Waals surface area contributed by atoms with Crippen molar-refractivity contribution in [2.45, 2.75) is 27.7 Å². The fourth-order valence-electron chi connectivity index (χ4n) is 5.28. The van der Waals surface area contributed by atoms with Crippen molar-refractivity contribution in [2.75, 3.05) is 13.2 Å². The highest BCUT2D eigenvalue weighted by Crippen LogP contribution is 2.33. The molecule has 4 heterocycles. The van der Waals surface area contributed by atoms with Gasteiger partial charge < -0.3 is 19.4 Å². The second kappa shape index (κ2) is 14.9. The Labute approximate surface area is 276 Å². The van der Waals surface area contributed by atoms with Crippen molar-refractivity contribution < 1.29 is 28.7 Å². The summed E-state index contributed by atoms with van der Waals surface area (Å²) in [5.74, 6) is -1.58. The second-order valence-corrected chi connectivity index (χ2v) is 10.4. The van der Waals surface area contributed by atoms with Gasteiger partial charge in [0.15, 0.2) is 0 Å². The molecule has 0 atom stereocenters. The normalized spacial score (nSPS) is 10.6. The van der Waals surface area contributed by atoms with Crippen molar-refractivity contribution in [3.8, 4) is 22.3 Å². The minimum Gasteiger partial charge on any atom is -0.462 e. The number of aryl methyl sites for hydroxylation is 2.